The van der Waals surface area contributed by atoms with Gasteiger partial charge in [-0.25, -0.2) is 0 Å². The summed E-state index contributed by atoms with van der Waals surface area (Å²) in [4.78, 5) is 15.8. The Bertz CT molecular complexity index is 1600. The smallest absolute Gasteiger partial charge is 0.295 e. The van der Waals surface area contributed by atoms with Crippen molar-refractivity contribution in [2.24, 2.45) is 10.2 Å². The molecule has 3 N–H and O–H groups in total. The van der Waals surface area contributed by atoms with Gasteiger partial charge in [-0.05, 0) is 49.2 Å². The first kappa shape index (κ1) is 25.9. The molecule has 0 radical (unpaired) electrons. The minimum atomic E-state index is -4.52. The molecule has 3 aromatic carbocycles. The van der Waals surface area contributed by atoms with E-state index in [1.165, 1.54) is 12.3 Å². The van der Waals surface area contributed by atoms with Crippen LogP contribution < -0.4 is 10.5 Å². The fourth-order valence-corrected chi connectivity index (χ4v) is 4.64. The maximum Gasteiger partial charge on any atom is 0.295 e. The van der Waals surface area contributed by atoms with E-state index in [9.17, 15) is 17.8 Å². The van der Waals surface area contributed by atoms with Crippen molar-refractivity contribution in [3.8, 4) is 17.0 Å². The summed E-state index contributed by atoms with van der Waals surface area (Å²) in [5.41, 5.74) is 9.57. The van der Waals surface area contributed by atoms with Crippen LogP contribution in [0.1, 0.15) is 35.7 Å². The second-order valence-corrected chi connectivity index (χ2v) is 9.87. The van der Waals surface area contributed by atoms with Gasteiger partial charge in [0, 0.05) is 16.3 Å². The number of unbranched alkanes of at least 4 members (excludes halogenated alkanes) is 1. The van der Waals surface area contributed by atoms with Crippen LogP contribution in [-0.2, 0) is 10.1 Å². The summed E-state index contributed by atoms with van der Waals surface area (Å²) in [6.45, 7) is 4.44. The first-order valence-corrected chi connectivity index (χ1v) is 13.1. The van der Waals surface area contributed by atoms with E-state index in [1.54, 1.807) is 42.5 Å². The lowest BCUT2D eigenvalue weighted by atomic mass is 10.0. The zero-order valence-electron chi connectivity index (χ0n) is 20.4. The number of nitrogen functional groups attached to an aromatic ring is 1. The number of aryl methyl sites for hydroxylation is 1. The lowest BCUT2D eigenvalue weighted by Gasteiger charge is -2.14. The van der Waals surface area contributed by atoms with Gasteiger partial charge in [0.05, 0.1) is 29.7 Å². The maximum absolute atomic E-state index is 11.9. The molecule has 0 aliphatic rings. The average Bonchev–Trinajstić information content (AvgIpc) is 2.88. The zero-order chi connectivity index (χ0) is 26.6. The molecule has 0 fully saturated rings. The van der Waals surface area contributed by atoms with Crippen LogP contribution in [0.3, 0.4) is 0 Å². The number of rotatable bonds is 9. The first-order chi connectivity index (χ1) is 17.7. The van der Waals surface area contributed by atoms with Gasteiger partial charge in [-0.15, -0.1) is 10.2 Å². The van der Waals surface area contributed by atoms with E-state index in [4.69, 9.17) is 10.5 Å². The van der Waals surface area contributed by atoms with E-state index in [0.29, 0.717) is 40.3 Å². The van der Waals surface area contributed by atoms with Crippen molar-refractivity contribution in [3.63, 3.8) is 0 Å². The predicted molar refractivity (Wildman–Crippen MR) is 143 cm³/mol. The number of azo groups is 1. The van der Waals surface area contributed by atoms with E-state index in [-0.39, 0.29) is 21.7 Å². The van der Waals surface area contributed by atoms with Crippen LogP contribution >= 0.6 is 0 Å². The average molecular weight is 519 g/mol. The Labute approximate surface area is 214 Å². The highest BCUT2D eigenvalue weighted by Gasteiger charge is 2.18. The standard InChI is InChI=1S/C27H26N4O5S/c1-3-4-11-36-27-18(16-32)12-17(2)13-22(27)23-10-9-19(15-29-23)30-31-24-14-25(37(33,34)35)20-7-5-6-8-21(20)26(24)28/h5-10,12-16H,3-4,11,28H2,1-2H3,(H,33,34,35). The van der Waals surface area contributed by atoms with Crippen molar-refractivity contribution in [2.45, 2.75) is 31.6 Å². The molecular formula is C27H26N4O5S. The maximum atomic E-state index is 11.9. The van der Waals surface area contributed by atoms with Crippen LogP contribution in [0, 0.1) is 6.92 Å². The van der Waals surface area contributed by atoms with Crippen molar-refractivity contribution in [1.29, 1.82) is 0 Å². The molecule has 0 bridgehead atoms. The van der Waals surface area contributed by atoms with E-state index < -0.39 is 10.1 Å². The highest BCUT2D eigenvalue weighted by Crippen LogP contribution is 2.37. The first-order valence-electron chi connectivity index (χ1n) is 11.6. The number of hydrogen-bond acceptors (Lipinski definition) is 8. The van der Waals surface area contributed by atoms with Crippen molar-refractivity contribution >= 4 is 44.2 Å². The van der Waals surface area contributed by atoms with Gasteiger partial charge in [-0.3, -0.25) is 14.3 Å². The van der Waals surface area contributed by atoms with Gasteiger partial charge in [0.15, 0.2) is 6.29 Å². The summed E-state index contributed by atoms with van der Waals surface area (Å²) in [5.74, 6) is 0.484. The number of nitrogens with zero attached hydrogens (tertiary/aromatic N) is 3. The molecule has 4 aromatic rings. The fourth-order valence-electron chi connectivity index (χ4n) is 3.92. The highest BCUT2D eigenvalue weighted by molar-refractivity contribution is 7.86. The summed E-state index contributed by atoms with van der Waals surface area (Å²) in [6.07, 6.45) is 4.09. The number of pyridine rings is 1. The van der Waals surface area contributed by atoms with E-state index in [2.05, 4.69) is 22.1 Å². The Morgan fingerprint density at radius 1 is 1.08 bits per heavy atom. The Hall–Kier alpha value is -4.15. The molecule has 37 heavy (non-hydrogen) atoms. The predicted octanol–water partition coefficient (Wildman–Crippen LogP) is 6.45. The van der Waals surface area contributed by atoms with Crippen LogP contribution in [0.4, 0.5) is 17.1 Å². The third kappa shape index (κ3) is 5.65. The number of carbonyl (C=O) groups excluding carboxylic acids is 1. The highest BCUT2D eigenvalue weighted by atomic mass is 32.2. The molecule has 190 valence electrons. The zero-order valence-corrected chi connectivity index (χ0v) is 21.2. The minimum Gasteiger partial charge on any atom is -0.492 e. The molecule has 0 atom stereocenters. The monoisotopic (exact) mass is 518 g/mol. The molecule has 0 aliphatic heterocycles. The van der Waals surface area contributed by atoms with Crippen LogP contribution in [0.2, 0.25) is 0 Å². The van der Waals surface area contributed by atoms with Crippen molar-refractivity contribution in [2.75, 3.05) is 12.3 Å². The number of anilines is 1. The topological polar surface area (TPSA) is 144 Å². The van der Waals surface area contributed by atoms with E-state index in [1.807, 2.05) is 13.0 Å². The molecular weight excluding hydrogens is 492 g/mol. The Morgan fingerprint density at radius 2 is 1.84 bits per heavy atom. The number of benzene rings is 3. The van der Waals surface area contributed by atoms with Gasteiger partial charge in [-0.1, -0.05) is 37.6 Å². The molecule has 10 heteroatoms. The minimum absolute atomic E-state index is 0.0938. The van der Waals surface area contributed by atoms with Gasteiger partial charge < -0.3 is 10.5 Å². The SMILES string of the molecule is CCCCOc1c(C=O)cc(C)cc1-c1ccc(N=Nc2cc(S(=O)(=O)O)c3ccccc3c2N)cn1. The number of fused-ring (bicyclic) bond motifs is 1. The van der Waals surface area contributed by atoms with Crippen molar-refractivity contribution < 1.29 is 22.5 Å². The molecule has 0 aliphatic carbocycles. The molecule has 4 rings (SSSR count). The Kier molecular flexibility index (Phi) is 7.61. The molecule has 1 aromatic heterocycles. The van der Waals surface area contributed by atoms with Crippen LogP contribution in [0.15, 0.2) is 75.9 Å². The fraction of sp³-hybridized carbons (Fsp3) is 0.185. The number of carbonyl (C=O) groups is 1. The summed E-state index contributed by atoms with van der Waals surface area (Å²) < 4.78 is 39.5. The van der Waals surface area contributed by atoms with Crippen LogP contribution in [0.5, 0.6) is 5.75 Å². The van der Waals surface area contributed by atoms with Crippen molar-refractivity contribution in [3.05, 3.63) is 71.9 Å². The number of ether oxygens (including phenoxy) is 1. The number of hydrogen-bond donors (Lipinski definition) is 2. The number of aldehydes is 1. The second kappa shape index (κ2) is 10.9. The lowest BCUT2D eigenvalue weighted by molar-refractivity contribution is 0.111. The second-order valence-electron chi connectivity index (χ2n) is 8.48. The number of nitrogens with two attached hydrogens (primary N) is 1. The molecule has 9 nitrogen and oxygen atoms in total. The van der Waals surface area contributed by atoms with Gasteiger partial charge >= 0.3 is 0 Å². The van der Waals surface area contributed by atoms with Crippen LogP contribution in [-0.4, -0.2) is 30.8 Å². The summed E-state index contributed by atoms with van der Waals surface area (Å²) in [5, 5.41) is 9.00. The summed E-state index contributed by atoms with van der Waals surface area (Å²) in [6, 6.07) is 14.8. The summed E-state index contributed by atoms with van der Waals surface area (Å²) >= 11 is 0. The summed E-state index contributed by atoms with van der Waals surface area (Å²) in [7, 11) is -4.52. The van der Waals surface area contributed by atoms with Crippen molar-refractivity contribution in [1.82, 2.24) is 4.98 Å². The molecule has 0 unspecified atom stereocenters. The van der Waals surface area contributed by atoms with Gasteiger partial charge in [0.1, 0.15) is 22.0 Å². The quantitative estimate of drug-likeness (QED) is 0.0852. The van der Waals surface area contributed by atoms with Gasteiger partial charge in [0.25, 0.3) is 10.1 Å². The molecule has 0 saturated carbocycles. The molecule has 0 spiro atoms. The number of aromatic nitrogens is 1. The Balaban J connectivity index is 1.69. The van der Waals surface area contributed by atoms with E-state index in [0.717, 1.165) is 24.7 Å². The third-order valence-electron chi connectivity index (χ3n) is 5.73. The lowest BCUT2D eigenvalue weighted by Crippen LogP contribution is -2.02. The molecule has 0 saturated heterocycles. The Morgan fingerprint density at radius 3 is 2.49 bits per heavy atom. The van der Waals surface area contributed by atoms with E-state index >= 15 is 0 Å². The molecule has 1 heterocycles. The normalized spacial score (nSPS) is 11.8. The van der Waals surface area contributed by atoms with Gasteiger partial charge in [0.2, 0.25) is 0 Å². The van der Waals surface area contributed by atoms with Gasteiger partial charge in [-0.2, -0.15) is 8.42 Å². The largest absolute Gasteiger partial charge is 0.492 e. The third-order valence-corrected chi connectivity index (χ3v) is 6.63. The molecule has 0 amide bonds. The van der Waals surface area contributed by atoms with Crippen LogP contribution in [0.25, 0.3) is 22.0 Å².